The minimum absolute atomic E-state index is 0.116. The lowest BCUT2D eigenvalue weighted by molar-refractivity contribution is 0.486. The quantitative estimate of drug-likeness (QED) is 0.277. The van der Waals surface area contributed by atoms with Crippen LogP contribution in [0, 0.1) is 0 Å². The SMILES string of the molecule is CN(C)c1ccccc1-c1cccc(P(C2CCCCC2)C2CCCCC2)c1P(C1CCCCC1)C1CCCCC1. The predicted molar refractivity (Wildman–Crippen MR) is 187 cm³/mol. The van der Waals surface area contributed by atoms with Gasteiger partial charge in [-0.25, -0.2) is 0 Å². The van der Waals surface area contributed by atoms with E-state index < -0.39 is 0 Å². The standard InChI is InChI=1S/C38H57NP2/c1-39(2)36-28-16-15-26-34(36)35-27-17-29-37(40(30-18-7-3-8-19-30)31-20-9-4-10-21-31)38(35)41(32-22-11-5-12-23-32)33-24-13-6-14-25-33/h15-17,26-33H,3-14,18-25H2,1-2H3. The third kappa shape index (κ3) is 6.93. The zero-order chi connectivity index (χ0) is 28.0. The van der Waals surface area contributed by atoms with Gasteiger partial charge in [0, 0.05) is 25.3 Å². The molecule has 3 heteroatoms. The summed E-state index contributed by atoms with van der Waals surface area (Å²) in [5, 5.41) is 3.87. The van der Waals surface area contributed by atoms with E-state index in [1.165, 1.54) is 140 Å². The fourth-order valence-electron chi connectivity index (χ4n) is 9.11. The molecule has 0 N–H and O–H groups in total. The molecule has 4 aliphatic rings. The van der Waals surface area contributed by atoms with Crippen LogP contribution < -0.4 is 15.5 Å². The van der Waals surface area contributed by atoms with Crippen molar-refractivity contribution in [3.8, 4) is 11.1 Å². The van der Waals surface area contributed by atoms with E-state index >= 15 is 0 Å². The summed E-state index contributed by atoms with van der Waals surface area (Å²) in [6.07, 6.45) is 29.7. The number of rotatable bonds is 8. The second-order valence-electron chi connectivity index (χ2n) is 14.1. The maximum atomic E-state index is 2.73. The van der Waals surface area contributed by atoms with Gasteiger partial charge in [-0.3, -0.25) is 0 Å². The zero-order valence-corrected chi connectivity index (χ0v) is 28.1. The van der Waals surface area contributed by atoms with Gasteiger partial charge in [0.2, 0.25) is 0 Å². The van der Waals surface area contributed by atoms with Crippen LogP contribution in [0.4, 0.5) is 5.69 Å². The lowest BCUT2D eigenvalue weighted by Gasteiger charge is -2.44. The van der Waals surface area contributed by atoms with E-state index in [9.17, 15) is 0 Å². The number of hydrogen-bond acceptors (Lipinski definition) is 1. The summed E-state index contributed by atoms with van der Waals surface area (Å²) in [6, 6.07) is 17.2. The van der Waals surface area contributed by atoms with Crippen molar-refractivity contribution in [2.75, 3.05) is 19.0 Å². The maximum Gasteiger partial charge on any atom is 0.0440 e. The Bertz CT molecular complexity index is 1050. The van der Waals surface area contributed by atoms with Crippen LogP contribution in [0.25, 0.3) is 11.1 Å². The minimum atomic E-state index is -0.166. The van der Waals surface area contributed by atoms with E-state index in [4.69, 9.17) is 0 Å². The number of anilines is 1. The third-order valence-electron chi connectivity index (χ3n) is 11.1. The maximum absolute atomic E-state index is 2.73. The predicted octanol–water partition coefficient (Wildman–Crippen LogP) is 11.0. The Hall–Kier alpha value is -0.900. The number of hydrogen-bond donors (Lipinski definition) is 0. The van der Waals surface area contributed by atoms with Crippen molar-refractivity contribution >= 4 is 32.1 Å². The van der Waals surface area contributed by atoms with Crippen molar-refractivity contribution in [1.29, 1.82) is 0 Å². The van der Waals surface area contributed by atoms with E-state index in [1.807, 2.05) is 10.6 Å². The Morgan fingerprint density at radius 1 is 0.463 bits per heavy atom. The summed E-state index contributed by atoms with van der Waals surface area (Å²) >= 11 is 0. The van der Waals surface area contributed by atoms with Crippen molar-refractivity contribution in [2.45, 2.75) is 151 Å². The molecule has 1 nitrogen and oxygen atoms in total. The smallest absolute Gasteiger partial charge is 0.0440 e. The molecule has 0 aliphatic heterocycles. The van der Waals surface area contributed by atoms with Crippen LogP contribution >= 0.6 is 15.8 Å². The molecule has 4 fully saturated rings. The summed E-state index contributed by atoms with van der Waals surface area (Å²) in [6.45, 7) is 0. The topological polar surface area (TPSA) is 3.24 Å². The number of nitrogens with zero attached hydrogens (tertiary/aromatic N) is 1. The van der Waals surface area contributed by atoms with Crippen LogP contribution in [0.5, 0.6) is 0 Å². The summed E-state index contributed by atoms with van der Waals surface area (Å²) in [5.41, 5.74) is 8.39. The molecule has 2 aromatic rings. The van der Waals surface area contributed by atoms with E-state index in [0.717, 1.165) is 22.6 Å². The van der Waals surface area contributed by atoms with E-state index in [0.29, 0.717) is 0 Å². The fourth-order valence-corrected chi connectivity index (χ4v) is 17.6. The van der Waals surface area contributed by atoms with Gasteiger partial charge >= 0.3 is 0 Å². The van der Waals surface area contributed by atoms with Gasteiger partial charge in [-0.05, 0) is 96.2 Å². The Morgan fingerprint density at radius 2 is 0.878 bits per heavy atom. The molecule has 0 aromatic heterocycles. The first-order chi connectivity index (χ1) is 20.2. The van der Waals surface area contributed by atoms with Gasteiger partial charge in [-0.2, -0.15) is 0 Å². The minimum Gasteiger partial charge on any atom is -0.377 e. The molecular weight excluding hydrogens is 532 g/mol. The van der Waals surface area contributed by atoms with Crippen LogP contribution in [-0.2, 0) is 0 Å². The van der Waals surface area contributed by atoms with Crippen molar-refractivity contribution in [3.63, 3.8) is 0 Å². The molecule has 0 radical (unpaired) electrons. The summed E-state index contributed by atoms with van der Waals surface area (Å²) in [4.78, 5) is 2.38. The lowest BCUT2D eigenvalue weighted by Crippen LogP contribution is -2.38. The van der Waals surface area contributed by atoms with Crippen molar-refractivity contribution in [1.82, 2.24) is 0 Å². The molecule has 0 bridgehead atoms. The Kier molecular flexibility index (Phi) is 10.8. The van der Waals surface area contributed by atoms with Gasteiger partial charge in [-0.1, -0.05) is 129 Å². The second kappa shape index (κ2) is 14.7. The third-order valence-corrected chi connectivity index (χ3v) is 18.4. The summed E-state index contributed by atoms with van der Waals surface area (Å²) < 4.78 is 0. The fraction of sp³-hybridized carbons (Fsp3) is 0.684. The largest absolute Gasteiger partial charge is 0.377 e. The van der Waals surface area contributed by atoms with E-state index in [-0.39, 0.29) is 15.8 Å². The normalized spacial score (nSPS) is 22.4. The molecule has 0 spiro atoms. The molecule has 0 heterocycles. The highest BCUT2D eigenvalue weighted by molar-refractivity contribution is 7.73. The molecule has 0 saturated heterocycles. The Labute approximate surface area is 255 Å². The van der Waals surface area contributed by atoms with Gasteiger partial charge in [-0.15, -0.1) is 0 Å². The molecule has 6 rings (SSSR count). The molecule has 0 atom stereocenters. The van der Waals surface area contributed by atoms with Crippen LogP contribution in [0.2, 0.25) is 0 Å². The van der Waals surface area contributed by atoms with Crippen LogP contribution in [0.1, 0.15) is 128 Å². The van der Waals surface area contributed by atoms with Gasteiger partial charge in [0.15, 0.2) is 0 Å². The van der Waals surface area contributed by atoms with Gasteiger partial charge in [0.1, 0.15) is 0 Å². The summed E-state index contributed by atoms with van der Waals surface area (Å²) in [5.74, 6) is 0. The zero-order valence-electron chi connectivity index (χ0n) is 26.3. The molecule has 0 amide bonds. The van der Waals surface area contributed by atoms with Crippen molar-refractivity contribution in [2.24, 2.45) is 0 Å². The van der Waals surface area contributed by atoms with Gasteiger partial charge in [0.25, 0.3) is 0 Å². The van der Waals surface area contributed by atoms with E-state index in [1.54, 1.807) is 5.56 Å². The Balaban J connectivity index is 1.57. The van der Waals surface area contributed by atoms with Crippen LogP contribution in [0.15, 0.2) is 42.5 Å². The van der Waals surface area contributed by atoms with Gasteiger partial charge < -0.3 is 4.90 Å². The highest BCUT2D eigenvalue weighted by atomic mass is 31.1. The first-order valence-corrected chi connectivity index (χ1v) is 20.6. The molecule has 4 aliphatic carbocycles. The molecule has 0 unspecified atom stereocenters. The molecule has 41 heavy (non-hydrogen) atoms. The second-order valence-corrected chi connectivity index (χ2v) is 19.5. The Morgan fingerprint density at radius 3 is 1.34 bits per heavy atom. The van der Waals surface area contributed by atoms with Crippen molar-refractivity contribution < 1.29 is 0 Å². The van der Waals surface area contributed by atoms with Crippen molar-refractivity contribution in [3.05, 3.63) is 42.5 Å². The average Bonchev–Trinajstić information content (AvgIpc) is 3.04. The van der Waals surface area contributed by atoms with Crippen LogP contribution in [-0.4, -0.2) is 36.7 Å². The number of para-hydroxylation sites is 1. The van der Waals surface area contributed by atoms with E-state index in [2.05, 4.69) is 61.5 Å². The molecular formula is C38H57NP2. The summed E-state index contributed by atoms with van der Waals surface area (Å²) in [7, 11) is 4.23. The monoisotopic (exact) mass is 589 g/mol. The first-order valence-electron chi connectivity index (χ1n) is 17.7. The molecule has 2 aromatic carbocycles. The van der Waals surface area contributed by atoms with Crippen LogP contribution in [0.3, 0.4) is 0 Å². The first kappa shape index (κ1) is 30.1. The average molecular weight is 590 g/mol. The highest BCUT2D eigenvalue weighted by Crippen LogP contribution is 2.60. The lowest BCUT2D eigenvalue weighted by atomic mass is 9.99. The molecule has 224 valence electrons. The molecule has 4 saturated carbocycles. The highest BCUT2D eigenvalue weighted by Gasteiger charge is 2.40. The number of benzene rings is 2. The van der Waals surface area contributed by atoms with Gasteiger partial charge in [0.05, 0.1) is 0 Å².